The number of amides is 3. The molecule has 9 heteroatoms. The number of rotatable bonds is 5. The Kier molecular flexibility index (Phi) is 6.66. The number of nitrogens with zero attached hydrogens (tertiary/aromatic N) is 2. The third kappa shape index (κ3) is 4.68. The Balaban J connectivity index is 1.43. The van der Waals surface area contributed by atoms with Crippen LogP contribution in [-0.4, -0.2) is 33.5 Å². The highest BCUT2D eigenvalue weighted by atomic mass is 32.2. The number of carbonyl (C=O) groups excluding carboxylic acids is 3. The van der Waals surface area contributed by atoms with E-state index in [1.54, 1.807) is 36.4 Å². The molecule has 3 aromatic rings. The van der Waals surface area contributed by atoms with Gasteiger partial charge in [0, 0.05) is 11.3 Å². The van der Waals surface area contributed by atoms with Gasteiger partial charge in [0.15, 0.2) is 0 Å². The number of thiocarbonyl (C=S) groups is 1. The number of nitrogens with one attached hydrogen (secondary N) is 1. The number of halogens is 1. The molecule has 1 fully saturated rings. The molecule has 0 spiro atoms. The van der Waals surface area contributed by atoms with E-state index in [2.05, 4.69) is 5.32 Å². The number of fused-ring (bicyclic) bond motifs is 1. The monoisotopic (exact) mass is 531 g/mol. The Bertz CT molecular complexity index is 1480. The molecule has 37 heavy (non-hydrogen) atoms. The minimum absolute atomic E-state index is 0.166. The summed E-state index contributed by atoms with van der Waals surface area (Å²) in [6.45, 7) is 3.78. The average molecular weight is 532 g/mol. The van der Waals surface area contributed by atoms with Crippen LogP contribution >= 0.6 is 24.0 Å². The van der Waals surface area contributed by atoms with Crippen molar-refractivity contribution in [3.63, 3.8) is 0 Å². The lowest BCUT2D eigenvalue weighted by molar-refractivity contribution is -0.122. The van der Waals surface area contributed by atoms with E-state index in [-0.39, 0.29) is 41.2 Å². The zero-order valence-corrected chi connectivity index (χ0v) is 21.7. The molecule has 2 aliphatic rings. The van der Waals surface area contributed by atoms with Crippen molar-refractivity contribution in [2.24, 2.45) is 0 Å². The van der Waals surface area contributed by atoms with Crippen LogP contribution in [-0.2, 0) is 20.9 Å². The van der Waals surface area contributed by atoms with Gasteiger partial charge >= 0.3 is 0 Å². The predicted octanol–water partition coefficient (Wildman–Crippen LogP) is 5.20. The zero-order valence-electron chi connectivity index (χ0n) is 20.1. The number of carbonyl (C=O) groups is 3. The van der Waals surface area contributed by atoms with Crippen molar-refractivity contribution in [3.05, 3.63) is 99.7 Å². The maximum Gasteiger partial charge on any atom is 0.267 e. The lowest BCUT2D eigenvalue weighted by atomic mass is 10.1. The largest absolute Gasteiger partial charge is 0.324 e. The van der Waals surface area contributed by atoms with Gasteiger partial charge in [-0.1, -0.05) is 72.5 Å². The molecule has 2 aliphatic heterocycles. The average Bonchev–Trinajstić information content (AvgIpc) is 3.30. The van der Waals surface area contributed by atoms with Gasteiger partial charge in [-0.15, -0.1) is 0 Å². The molecule has 1 N–H and O–H groups in total. The smallest absolute Gasteiger partial charge is 0.267 e. The molecule has 0 saturated carbocycles. The van der Waals surface area contributed by atoms with Crippen molar-refractivity contribution in [2.75, 3.05) is 16.8 Å². The first kappa shape index (κ1) is 24.9. The molecule has 3 aromatic carbocycles. The fraction of sp³-hybridized carbons (Fsp3) is 0.143. The molecule has 1 saturated heterocycles. The highest BCUT2D eigenvalue weighted by molar-refractivity contribution is 8.26. The number of thioether (sulfide) groups is 1. The first-order chi connectivity index (χ1) is 17.7. The van der Waals surface area contributed by atoms with Gasteiger partial charge in [0.1, 0.15) is 16.7 Å². The molecule has 186 valence electrons. The molecule has 0 aromatic heterocycles. The molecular formula is C28H22FN3O3S2. The van der Waals surface area contributed by atoms with E-state index in [4.69, 9.17) is 12.2 Å². The van der Waals surface area contributed by atoms with E-state index in [0.29, 0.717) is 26.8 Å². The lowest BCUT2D eigenvalue weighted by Crippen LogP contribution is -2.36. The maximum atomic E-state index is 13.6. The Morgan fingerprint density at radius 2 is 1.59 bits per heavy atom. The molecule has 0 radical (unpaired) electrons. The number of para-hydroxylation sites is 2. The van der Waals surface area contributed by atoms with Crippen LogP contribution in [0, 0.1) is 19.7 Å². The van der Waals surface area contributed by atoms with Gasteiger partial charge in [0.25, 0.3) is 11.8 Å². The van der Waals surface area contributed by atoms with E-state index in [9.17, 15) is 18.8 Å². The third-order valence-electron chi connectivity index (χ3n) is 6.30. The second kappa shape index (κ2) is 9.91. The van der Waals surface area contributed by atoms with Crippen molar-refractivity contribution < 1.29 is 18.8 Å². The van der Waals surface area contributed by atoms with Crippen LogP contribution in [0.3, 0.4) is 0 Å². The summed E-state index contributed by atoms with van der Waals surface area (Å²) in [6.07, 6.45) is 0. The number of benzene rings is 3. The summed E-state index contributed by atoms with van der Waals surface area (Å²) in [5, 5.41) is 2.92. The van der Waals surface area contributed by atoms with Crippen LogP contribution in [0.4, 0.5) is 15.8 Å². The van der Waals surface area contributed by atoms with Crippen molar-refractivity contribution in [1.29, 1.82) is 0 Å². The first-order valence-corrected chi connectivity index (χ1v) is 12.8. The number of anilines is 2. The van der Waals surface area contributed by atoms with Gasteiger partial charge in [0.05, 0.1) is 22.7 Å². The molecule has 2 heterocycles. The molecule has 5 rings (SSSR count). The normalized spacial score (nSPS) is 17.0. The van der Waals surface area contributed by atoms with E-state index in [0.717, 1.165) is 22.9 Å². The molecule has 0 unspecified atom stereocenters. The van der Waals surface area contributed by atoms with Crippen LogP contribution in [0.5, 0.6) is 0 Å². The fourth-order valence-electron chi connectivity index (χ4n) is 4.45. The quantitative estimate of drug-likeness (QED) is 0.362. The second-order valence-corrected chi connectivity index (χ2v) is 10.5. The van der Waals surface area contributed by atoms with Crippen molar-refractivity contribution in [1.82, 2.24) is 4.90 Å². The fourth-order valence-corrected chi connectivity index (χ4v) is 5.78. The van der Waals surface area contributed by atoms with Crippen LogP contribution in [0.15, 0.2) is 71.6 Å². The van der Waals surface area contributed by atoms with Crippen molar-refractivity contribution in [3.8, 4) is 0 Å². The van der Waals surface area contributed by atoms with Gasteiger partial charge in [-0.05, 0) is 48.7 Å². The van der Waals surface area contributed by atoms with Crippen LogP contribution in [0.25, 0.3) is 5.57 Å². The molecule has 0 aliphatic carbocycles. The Hall–Kier alpha value is -3.82. The Morgan fingerprint density at radius 3 is 2.30 bits per heavy atom. The van der Waals surface area contributed by atoms with E-state index in [1.165, 1.54) is 21.9 Å². The molecular weight excluding hydrogens is 509 g/mol. The van der Waals surface area contributed by atoms with Gasteiger partial charge in [-0.3, -0.25) is 24.2 Å². The van der Waals surface area contributed by atoms with Crippen LogP contribution in [0.1, 0.15) is 22.3 Å². The summed E-state index contributed by atoms with van der Waals surface area (Å²) in [5.74, 6) is -1.53. The Labute approximate surface area is 223 Å². The zero-order chi connectivity index (χ0) is 26.3. The minimum Gasteiger partial charge on any atom is -0.324 e. The number of hydrogen-bond donors (Lipinski definition) is 1. The van der Waals surface area contributed by atoms with Crippen molar-refractivity contribution in [2.45, 2.75) is 20.4 Å². The summed E-state index contributed by atoms with van der Waals surface area (Å²) in [6, 6.07) is 18.6. The van der Waals surface area contributed by atoms with E-state index >= 15 is 0 Å². The predicted molar refractivity (Wildman–Crippen MR) is 147 cm³/mol. The van der Waals surface area contributed by atoms with Gasteiger partial charge < -0.3 is 5.32 Å². The molecule has 0 bridgehead atoms. The number of hydrogen-bond acceptors (Lipinski definition) is 5. The van der Waals surface area contributed by atoms with Crippen molar-refractivity contribution >= 4 is 63.0 Å². The van der Waals surface area contributed by atoms with E-state index in [1.807, 2.05) is 32.0 Å². The SMILES string of the molecule is Cc1cccc(C)c1NC(=O)CN1C(=O)/C(=C2\SC(=S)N(Cc3ccc(F)cc3)C2=O)c2ccccc21. The van der Waals surface area contributed by atoms with Crippen LogP contribution in [0.2, 0.25) is 0 Å². The second-order valence-electron chi connectivity index (χ2n) is 8.81. The van der Waals surface area contributed by atoms with Crippen LogP contribution < -0.4 is 10.2 Å². The third-order valence-corrected chi connectivity index (χ3v) is 7.75. The highest BCUT2D eigenvalue weighted by Crippen LogP contribution is 2.44. The van der Waals surface area contributed by atoms with E-state index < -0.39 is 5.91 Å². The maximum absolute atomic E-state index is 13.6. The highest BCUT2D eigenvalue weighted by Gasteiger charge is 2.42. The summed E-state index contributed by atoms with van der Waals surface area (Å²) < 4.78 is 13.6. The topological polar surface area (TPSA) is 69.7 Å². The van der Waals surface area contributed by atoms with Gasteiger partial charge in [-0.25, -0.2) is 4.39 Å². The molecule has 0 atom stereocenters. The van der Waals surface area contributed by atoms with Gasteiger partial charge in [0.2, 0.25) is 5.91 Å². The Morgan fingerprint density at radius 1 is 0.919 bits per heavy atom. The standard InChI is InChI=1S/C28H22FN3O3S2/c1-16-6-5-7-17(2)24(16)30-22(33)15-31-21-9-4-3-8-20(21)23(26(31)34)25-27(35)32(28(36)37-25)14-18-10-12-19(29)13-11-18/h3-13H,14-15H2,1-2H3,(H,30,33)/b25-23-. The first-order valence-electron chi connectivity index (χ1n) is 11.5. The number of aryl methyl sites for hydroxylation is 2. The lowest BCUT2D eigenvalue weighted by Gasteiger charge is -2.18. The summed E-state index contributed by atoms with van der Waals surface area (Å²) in [4.78, 5) is 43.1. The summed E-state index contributed by atoms with van der Waals surface area (Å²) >= 11 is 6.52. The summed E-state index contributed by atoms with van der Waals surface area (Å²) in [7, 11) is 0. The molecule has 6 nitrogen and oxygen atoms in total. The molecule has 3 amide bonds. The minimum atomic E-state index is -0.430. The van der Waals surface area contributed by atoms with Gasteiger partial charge in [-0.2, -0.15) is 0 Å². The summed E-state index contributed by atoms with van der Waals surface area (Å²) in [5.41, 5.74) is 4.65.